The van der Waals surface area contributed by atoms with Crippen LogP contribution in [0.4, 0.5) is 0 Å². The van der Waals surface area contributed by atoms with Gasteiger partial charge in [-0.15, -0.1) is 0 Å². The Morgan fingerprint density at radius 3 is 2.04 bits per heavy atom. The molecule has 0 spiro atoms. The van der Waals surface area contributed by atoms with Crippen LogP contribution in [-0.2, 0) is 31.6 Å². The maximum Gasteiger partial charge on any atom is 0.249 e. The van der Waals surface area contributed by atoms with Crippen LogP contribution in [0.25, 0.3) is 0 Å². The highest BCUT2D eigenvalue weighted by Crippen LogP contribution is 2.45. The summed E-state index contributed by atoms with van der Waals surface area (Å²) in [4.78, 5) is 0. The highest BCUT2D eigenvalue weighted by atomic mass is 31.1. The Kier molecular flexibility index (Phi) is 9.72. The highest BCUT2D eigenvalue weighted by molar-refractivity contribution is 7.40. The fourth-order valence-electron chi connectivity index (χ4n) is 2.92. The van der Waals surface area contributed by atoms with E-state index in [2.05, 4.69) is 0 Å². The Morgan fingerprint density at radius 2 is 1.46 bits per heavy atom. The van der Waals surface area contributed by atoms with E-state index in [1.54, 1.807) is 0 Å². The van der Waals surface area contributed by atoms with Crippen LogP contribution < -0.4 is 4.74 Å². The number of hydrogen-bond acceptors (Lipinski definition) is 5. The minimum Gasteiger partial charge on any atom is -0.489 e. The first kappa shape index (κ1) is 22.6. The average Bonchev–Trinajstić information content (AvgIpc) is 2.72. The van der Waals surface area contributed by atoms with Gasteiger partial charge >= 0.3 is 0 Å². The van der Waals surface area contributed by atoms with E-state index in [1.807, 2.05) is 75.4 Å². The molecule has 0 heterocycles. The molecule has 0 fully saturated rings. The third kappa shape index (κ3) is 6.75. The van der Waals surface area contributed by atoms with Gasteiger partial charge in [0.25, 0.3) is 0 Å². The van der Waals surface area contributed by atoms with Gasteiger partial charge in [0.05, 0.1) is 6.61 Å². The molecule has 5 nitrogen and oxygen atoms in total. The van der Waals surface area contributed by atoms with Gasteiger partial charge in [0.15, 0.2) is 0 Å². The summed E-state index contributed by atoms with van der Waals surface area (Å²) in [5.74, 6) is 0.816. The lowest BCUT2D eigenvalue weighted by Gasteiger charge is -2.32. The zero-order valence-electron chi connectivity index (χ0n) is 17.0. The van der Waals surface area contributed by atoms with Crippen LogP contribution in [0.2, 0.25) is 0 Å². The van der Waals surface area contributed by atoms with Gasteiger partial charge in [-0.25, -0.2) is 0 Å². The molecule has 0 saturated heterocycles. The van der Waals surface area contributed by atoms with E-state index in [0.717, 1.165) is 16.9 Å². The summed E-state index contributed by atoms with van der Waals surface area (Å²) in [7, 11) is -2.50. The Morgan fingerprint density at radius 1 is 0.821 bits per heavy atom. The fourth-order valence-corrected chi connectivity index (χ4v) is 4.25. The summed E-state index contributed by atoms with van der Waals surface area (Å²) < 4.78 is 35.4. The van der Waals surface area contributed by atoms with Crippen molar-refractivity contribution in [2.45, 2.75) is 45.7 Å². The molecular formula is C22H31O5P. The Hall–Kier alpha value is -1.65. The first-order valence-corrected chi connectivity index (χ1v) is 11.2. The molecule has 154 valence electrons. The Labute approximate surface area is 168 Å². The van der Waals surface area contributed by atoms with Crippen LogP contribution >= 0.6 is 8.03 Å². The lowest BCUT2D eigenvalue weighted by atomic mass is 10.1. The van der Waals surface area contributed by atoms with Crippen molar-refractivity contribution in [2.24, 2.45) is 0 Å². The number of ether oxygens (including phenoxy) is 3. The SMILES string of the molecule is CCO[PH](=O)C(CCc1ccc(OCc2ccccc2)cc1)(OCC)OCC. The van der Waals surface area contributed by atoms with E-state index in [4.69, 9.17) is 18.7 Å². The lowest BCUT2D eigenvalue weighted by Crippen LogP contribution is -2.33. The fraction of sp³-hybridized carbons (Fsp3) is 0.455. The maximum absolute atomic E-state index is 12.6. The quantitative estimate of drug-likeness (QED) is 0.328. The van der Waals surface area contributed by atoms with Crippen molar-refractivity contribution in [1.82, 2.24) is 0 Å². The second-order valence-electron chi connectivity index (χ2n) is 6.26. The topological polar surface area (TPSA) is 54.0 Å². The lowest BCUT2D eigenvalue weighted by molar-refractivity contribution is -0.180. The van der Waals surface area contributed by atoms with Crippen molar-refractivity contribution in [2.75, 3.05) is 19.8 Å². The van der Waals surface area contributed by atoms with Crippen LogP contribution in [0.1, 0.15) is 38.3 Å². The van der Waals surface area contributed by atoms with Crippen LogP contribution in [0.3, 0.4) is 0 Å². The first-order valence-electron chi connectivity index (χ1n) is 9.84. The molecule has 0 radical (unpaired) electrons. The Balaban J connectivity index is 1.97. The summed E-state index contributed by atoms with van der Waals surface area (Å²) in [6, 6.07) is 18.0. The molecule has 0 aliphatic carbocycles. The molecule has 6 heteroatoms. The predicted molar refractivity (Wildman–Crippen MR) is 112 cm³/mol. The zero-order valence-corrected chi connectivity index (χ0v) is 18.0. The molecule has 0 bridgehead atoms. The maximum atomic E-state index is 12.6. The number of benzene rings is 2. The molecule has 1 unspecified atom stereocenters. The second-order valence-corrected chi connectivity index (χ2v) is 7.88. The van der Waals surface area contributed by atoms with Crippen LogP contribution in [0, 0.1) is 0 Å². The van der Waals surface area contributed by atoms with Crippen molar-refractivity contribution < 1.29 is 23.3 Å². The molecule has 0 amide bonds. The largest absolute Gasteiger partial charge is 0.489 e. The number of hydrogen-bond donors (Lipinski definition) is 0. The molecule has 2 aromatic rings. The van der Waals surface area contributed by atoms with E-state index >= 15 is 0 Å². The van der Waals surface area contributed by atoms with Crippen LogP contribution in [0.5, 0.6) is 5.75 Å². The van der Waals surface area contributed by atoms with Gasteiger partial charge in [-0.3, -0.25) is 4.57 Å². The molecule has 2 rings (SSSR count). The summed E-state index contributed by atoms with van der Waals surface area (Å²) >= 11 is 0. The molecule has 0 N–H and O–H groups in total. The van der Waals surface area contributed by atoms with E-state index in [0.29, 0.717) is 39.3 Å². The monoisotopic (exact) mass is 406 g/mol. The summed E-state index contributed by atoms with van der Waals surface area (Å²) in [6.45, 7) is 7.29. The third-order valence-electron chi connectivity index (χ3n) is 4.26. The van der Waals surface area contributed by atoms with E-state index in [1.165, 1.54) is 0 Å². The van der Waals surface area contributed by atoms with Gasteiger partial charge in [-0.1, -0.05) is 42.5 Å². The van der Waals surface area contributed by atoms with Crippen molar-refractivity contribution >= 4 is 8.03 Å². The minimum atomic E-state index is -2.50. The smallest absolute Gasteiger partial charge is 0.249 e. The minimum absolute atomic E-state index is 0.368. The zero-order chi connectivity index (χ0) is 20.2. The summed E-state index contributed by atoms with van der Waals surface area (Å²) in [6.07, 6.45) is 1.14. The first-order chi connectivity index (χ1) is 13.6. The van der Waals surface area contributed by atoms with Gasteiger partial charge in [-0.2, -0.15) is 0 Å². The molecule has 2 aromatic carbocycles. The van der Waals surface area contributed by atoms with Crippen molar-refractivity contribution in [3.8, 4) is 5.75 Å². The second kappa shape index (κ2) is 12.0. The normalized spacial score (nSPS) is 12.7. The molecule has 28 heavy (non-hydrogen) atoms. The van der Waals surface area contributed by atoms with E-state index in [9.17, 15) is 4.57 Å². The summed E-state index contributed by atoms with van der Waals surface area (Å²) in [5, 5.41) is 0. The third-order valence-corrected chi connectivity index (χ3v) is 5.97. The van der Waals surface area contributed by atoms with E-state index in [-0.39, 0.29) is 0 Å². The molecule has 0 aliphatic heterocycles. The van der Waals surface area contributed by atoms with Gasteiger partial charge in [0, 0.05) is 19.6 Å². The van der Waals surface area contributed by atoms with Gasteiger partial charge in [0.1, 0.15) is 12.4 Å². The van der Waals surface area contributed by atoms with Crippen molar-refractivity contribution in [1.29, 1.82) is 0 Å². The molecule has 1 atom stereocenters. The van der Waals surface area contributed by atoms with Crippen LogP contribution in [0.15, 0.2) is 54.6 Å². The molecule has 0 aromatic heterocycles. The van der Waals surface area contributed by atoms with Gasteiger partial charge < -0.3 is 18.7 Å². The molecule has 0 saturated carbocycles. The average molecular weight is 406 g/mol. The van der Waals surface area contributed by atoms with E-state index < -0.39 is 13.6 Å². The van der Waals surface area contributed by atoms with Crippen molar-refractivity contribution in [3.63, 3.8) is 0 Å². The Bertz CT molecular complexity index is 697. The molecular weight excluding hydrogens is 375 g/mol. The van der Waals surface area contributed by atoms with Crippen molar-refractivity contribution in [3.05, 3.63) is 65.7 Å². The predicted octanol–water partition coefficient (Wildman–Crippen LogP) is 5.44. The van der Waals surface area contributed by atoms with Crippen LogP contribution in [-0.4, -0.2) is 25.3 Å². The van der Waals surface area contributed by atoms with Gasteiger partial charge in [-0.05, 0) is 50.5 Å². The number of aryl methyl sites for hydroxylation is 1. The number of rotatable bonds is 13. The highest BCUT2D eigenvalue weighted by Gasteiger charge is 2.39. The van der Waals surface area contributed by atoms with Gasteiger partial charge in [0.2, 0.25) is 13.6 Å². The molecule has 0 aliphatic rings. The standard InChI is InChI=1S/C22H31O5P/c1-4-25-22(26-5-2,28(23)27-6-3)17-16-19-12-14-21(15-13-19)24-18-20-10-8-7-9-11-20/h7-15,28H,4-6,16-18H2,1-3H3. The summed E-state index contributed by atoms with van der Waals surface area (Å²) in [5.41, 5.74) is 1.06.